The molecule has 0 saturated carbocycles. The summed E-state index contributed by atoms with van der Waals surface area (Å²) in [6.07, 6.45) is 0. The molecule has 0 unspecified atom stereocenters. The molecular weight excluding hydrogens is 288 g/mol. The number of hydrogen-bond donors (Lipinski definition) is 2. The fraction of sp³-hybridized carbons (Fsp3) is 0. The third-order valence-corrected chi connectivity index (χ3v) is 3.74. The number of fused-ring (bicyclic) bond motifs is 1. The largest absolute Gasteiger partial charge is 0.507 e. The Kier molecular flexibility index (Phi) is 3.28. The number of carboxylic acid groups (broad SMARTS) is 1. The lowest BCUT2D eigenvalue weighted by Crippen LogP contribution is -1.97. The highest BCUT2D eigenvalue weighted by atomic mass is 35.5. The van der Waals surface area contributed by atoms with Gasteiger partial charge in [-0.2, -0.15) is 0 Å². The Morgan fingerprint density at radius 2 is 1.67 bits per heavy atom. The van der Waals surface area contributed by atoms with Gasteiger partial charge in [0, 0.05) is 10.4 Å². The highest BCUT2D eigenvalue weighted by molar-refractivity contribution is 6.36. The van der Waals surface area contributed by atoms with E-state index in [2.05, 4.69) is 0 Å². The van der Waals surface area contributed by atoms with E-state index in [1.165, 1.54) is 12.1 Å². The van der Waals surface area contributed by atoms with Crippen LogP contribution in [0.15, 0.2) is 54.6 Å². The fourth-order valence-electron chi connectivity index (χ4n) is 2.39. The Morgan fingerprint density at radius 3 is 2.38 bits per heavy atom. The van der Waals surface area contributed by atoms with Crippen molar-refractivity contribution in [2.24, 2.45) is 0 Å². The minimum atomic E-state index is -1.16. The second kappa shape index (κ2) is 5.11. The summed E-state index contributed by atoms with van der Waals surface area (Å²) in [5, 5.41) is 21.2. The number of aromatic hydroxyl groups is 1. The first kappa shape index (κ1) is 13.5. The molecule has 0 aliphatic rings. The van der Waals surface area contributed by atoms with Gasteiger partial charge in [0.25, 0.3) is 0 Å². The molecule has 0 aromatic heterocycles. The SMILES string of the molecule is O=C(O)c1cc(-c2ccc(Cl)c3ccccc23)ccc1O. The minimum Gasteiger partial charge on any atom is -0.507 e. The number of rotatable bonds is 2. The number of benzene rings is 3. The second-order valence-corrected chi connectivity index (χ2v) is 5.08. The third kappa shape index (κ3) is 2.32. The zero-order valence-corrected chi connectivity index (χ0v) is 11.6. The maximum atomic E-state index is 11.1. The lowest BCUT2D eigenvalue weighted by Gasteiger charge is -2.10. The van der Waals surface area contributed by atoms with Gasteiger partial charge in [-0.05, 0) is 34.7 Å². The molecule has 0 aliphatic carbocycles. The van der Waals surface area contributed by atoms with Crippen LogP contribution in [0.2, 0.25) is 5.02 Å². The number of carboxylic acids is 1. The third-order valence-electron chi connectivity index (χ3n) is 3.41. The second-order valence-electron chi connectivity index (χ2n) is 4.68. The van der Waals surface area contributed by atoms with Gasteiger partial charge in [0.2, 0.25) is 0 Å². The maximum Gasteiger partial charge on any atom is 0.339 e. The first-order chi connectivity index (χ1) is 10.1. The van der Waals surface area contributed by atoms with Gasteiger partial charge in [0.05, 0.1) is 0 Å². The van der Waals surface area contributed by atoms with Crippen LogP contribution >= 0.6 is 11.6 Å². The molecule has 0 fully saturated rings. The van der Waals surface area contributed by atoms with Crippen LogP contribution in [0, 0.1) is 0 Å². The van der Waals surface area contributed by atoms with E-state index in [9.17, 15) is 9.90 Å². The van der Waals surface area contributed by atoms with Crippen molar-refractivity contribution in [3.05, 3.63) is 65.2 Å². The average Bonchev–Trinajstić information content (AvgIpc) is 2.48. The molecule has 3 aromatic carbocycles. The number of carbonyl (C=O) groups is 1. The van der Waals surface area contributed by atoms with Crippen molar-refractivity contribution in [2.45, 2.75) is 0 Å². The standard InChI is InChI=1S/C17H11ClO3/c18-15-7-6-11(12-3-1-2-4-13(12)15)10-5-8-16(19)14(9-10)17(20)21/h1-9,19H,(H,20,21). The van der Waals surface area contributed by atoms with E-state index in [0.29, 0.717) is 5.02 Å². The minimum absolute atomic E-state index is 0.119. The first-order valence-corrected chi connectivity index (χ1v) is 6.69. The van der Waals surface area contributed by atoms with Crippen molar-refractivity contribution in [1.82, 2.24) is 0 Å². The van der Waals surface area contributed by atoms with E-state index in [1.54, 1.807) is 12.1 Å². The lowest BCUT2D eigenvalue weighted by atomic mass is 9.96. The van der Waals surface area contributed by atoms with Crippen molar-refractivity contribution in [1.29, 1.82) is 0 Å². The number of halogens is 1. The molecule has 3 aromatic rings. The Balaban J connectivity index is 2.29. The van der Waals surface area contributed by atoms with Gasteiger partial charge in [-0.3, -0.25) is 0 Å². The normalized spacial score (nSPS) is 10.7. The van der Waals surface area contributed by atoms with Gasteiger partial charge < -0.3 is 10.2 Å². The van der Waals surface area contributed by atoms with E-state index in [1.807, 2.05) is 30.3 Å². The van der Waals surface area contributed by atoms with Crippen LogP contribution in [0.5, 0.6) is 5.75 Å². The van der Waals surface area contributed by atoms with Gasteiger partial charge in [-0.1, -0.05) is 48.0 Å². The van der Waals surface area contributed by atoms with Gasteiger partial charge in [-0.25, -0.2) is 4.79 Å². The molecular formula is C17H11ClO3. The number of aromatic carboxylic acids is 1. The molecule has 0 atom stereocenters. The van der Waals surface area contributed by atoms with Crippen LogP contribution in [-0.2, 0) is 0 Å². The van der Waals surface area contributed by atoms with E-state index in [4.69, 9.17) is 16.7 Å². The van der Waals surface area contributed by atoms with E-state index < -0.39 is 5.97 Å². The summed E-state index contributed by atoms with van der Waals surface area (Å²) in [5.41, 5.74) is 1.47. The summed E-state index contributed by atoms with van der Waals surface area (Å²) < 4.78 is 0. The molecule has 0 saturated heterocycles. The summed E-state index contributed by atoms with van der Waals surface area (Å²) in [6, 6.07) is 15.8. The van der Waals surface area contributed by atoms with Crippen molar-refractivity contribution < 1.29 is 15.0 Å². The van der Waals surface area contributed by atoms with Gasteiger partial charge in [-0.15, -0.1) is 0 Å². The van der Waals surface area contributed by atoms with E-state index >= 15 is 0 Å². The number of phenols is 1. The molecule has 0 heterocycles. The molecule has 3 rings (SSSR count). The maximum absolute atomic E-state index is 11.1. The van der Waals surface area contributed by atoms with Crippen molar-refractivity contribution >= 4 is 28.3 Å². The molecule has 0 aliphatic heterocycles. The Bertz CT molecular complexity index is 856. The van der Waals surface area contributed by atoms with Crippen LogP contribution in [-0.4, -0.2) is 16.2 Å². The Hall–Kier alpha value is -2.52. The zero-order chi connectivity index (χ0) is 15.0. The van der Waals surface area contributed by atoms with E-state index in [0.717, 1.165) is 21.9 Å². The predicted molar refractivity (Wildman–Crippen MR) is 83.0 cm³/mol. The summed E-state index contributed by atoms with van der Waals surface area (Å²) in [6.45, 7) is 0. The van der Waals surface area contributed by atoms with Crippen molar-refractivity contribution in [3.8, 4) is 16.9 Å². The highest BCUT2D eigenvalue weighted by Crippen LogP contribution is 2.34. The van der Waals surface area contributed by atoms with Crippen LogP contribution < -0.4 is 0 Å². The van der Waals surface area contributed by atoms with Gasteiger partial charge in [0.1, 0.15) is 11.3 Å². The van der Waals surface area contributed by atoms with Crippen LogP contribution in [0.3, 0.4) is 0 Å². The van der Waals surface area contributed by atoms with Crippen molar-refractivity contribution in [2.75, 3.05) is 0 Å². The molecule has 0 amide bonds. The Morgan fingerprint density at radius 1 is 0.952 bits per heavy atom. The topological polar surface area (TPSA) is 57.5 Å². The van der Waals surface area contributed by atoms with Gasteiger partial charge in [0.15, 0.2) is 0 Å². The number of hydrogen-bond acceptors (Lipinski definition) is 2. The molecule has 104 valence electrons. The van der Waals surface area contributed by atoms with Crippen LogP contribution in [0.4, 0.5) is 0 Å². The molecule has 4 heteroatoms. The summed E-state index contributed by atoms with van der Waals surface area (Å²) in [5.74, 6) is -1.41. The zero-order valence-electron chi connectivity index (χ0n) is 10.9. The van der Waals surface area contributed by atoms with Crippen molar-refractivity contribution in [3.63, 3.8) is 0 Å². The molecule has 0 bridgehead atoms. The average molecular weight is 299 g/mol. The fourth-order valence-corrected chi connectivity index (χ4v) is 2.62. The quantitative estimate of drug-likeness (QED) is 0.729. The smallest absolute Gasteiger partial charge is 0.339 e. The molecule has 2 N–H and O–H groups in total. The Labute approximate surface area is 126 Å². The lowest BCUT2D eigenvalue weighted by molar-refractivity contribution is 0.0694. The monoisotopic (exact) mass is 298 g/mol. The van der Waals surface area contributed by atoms with E-state index in [-0.39, 0.29) is 11.3 Å². The highest BCUT2D eigenvalue weighted by Gasteiger charge is 2.13. The summed E-state index contributed by atoms with van der Waals surface area (Å²) in [7, 11) is 0. The summed E-state index contributed by atoms with van der Waals surface area (Å²) in [4.78, 5) is 11.1. The van der Waals surface area contributed by atoms with Crippen LogP contribution in [0.1, 0.15) is 10.4 Å². The van der Waals surface area contributed by atoms with Crippen LogP contribution in [0.25, 0.3) is 21.9 Å². The van der Waals surface area contributed by atoms with Gasteiger partial charge >= 0.3 is 5.97 Å². The predicted octanol–water partition coefficient (Wildman–Crippen LogP) is 4.56. The summed E-state index contributed by atoms with van der Waals surface area (Å²) >= 11 is 6.19. The molecule has 21 heavy (non-hydrogen) atoms. The molecule has 3 nitrogen and oxygen atoms in total. The first-order valence-electron chi connectivity index (χ1n) is 6.32. The molecule has 0 radical (unpaired) electrons. The molecule has 0 spiro atoms.